The summed E-state index contributed by atoms with van der Waals surface area (Å²) in [6.45, 7) is 12.6. The van der Waals surface area contributed by atoms with Gasteiger partial charge in [0, 0.05) is 104 Å². The smallest absolute Gasteiger partial charge is 0.389 e. The second kappa shape index (κ2) is 36.7. The van der Waals surface area contributed by atoms with Gasteiger partial charge in [-0.1, -0.05) is 90.3 Å². The van der Waals surface area contributed by atoms with Gasteiger partial charge in [0.1, 0.15) is 54.1 Å². The molecule has 0 N–H and O–H groups in total. The monoisotopic (exact) mass is 1370 g/mol. The van der Waals surface area contributed by atoms with Crippen molar-refractivity contribution in [3.63, 3.8) is 0 Å². The van der Waals surface area contributed by atoms with Crippen molar-refractivity contribution in [1.82, 2.24) is 28.2 Å². The van der Waals surface area contributed by atoms with Crippen molar-refractivity contribution in [2.75, 3.05) is 46.8 Å². The number of aromatic nitrogens is 6. The van der Waals surface area contributed by atoms with E-state index in [-0.39, 0.29) is 19.3 Å². The average molecular weight is 1370 g/mol. The van der Waals surface area contributed by atoms with Crippen molar-refractivity contribution in [3.05, 3.63) is 180 Å². The molecule has 0 aliphatic heterocycles. The maximum absolute atomic E-state index is 12.4. The van der Waals surface area contributed by atoms with Gasteiger partial charge in [-0.25, -0.2) is 15.0 Å². The Morgan fingerprint density at radius 1 is 0.429 bits per heavy atom. The highest BCUT2D eigenvalue weighted by Gasteiger charge is 2.30. The summed E-state index contributed by atoms with van der Waals surface area (Å²) in [6.07, 6.45) is -4.15. The summed E-state index contributed by atoms with van der Waals surface area (Å²) >= 11 is 0. The molecule has 6 aromatic heterocycles. The van der Waals surface area contributed by atoms with E-state index >= 15 is 0 Å². The number of Topliss-reactive ketones (excluding diaryl/α,β-unsaturated/α-hetero) is 3. The number of fused-ring (bicyclic) bond motifs is 3. The number of unbranched alkanes of at least 4 members (excludes halogenated alkanes) is 1. The molecule has 3 aromatic carbocycles. The summed E-state index contributed by atoms with van der Waals surface area (Å²) in [7, 11) is 1.59. The van der Waals surface area contributed by atoms with Gasteiger partial charge >= 0.3 is 18.5 Å². The Balaban J connectivity index is 0.000000207. The summed E-state index contributed by atoms with van der Waals surface area (Å²) in [4.78, 5) is 65.1. The fraction of sp³-hybridized carbons (Fsp3) is 0.375. The number of hydrogen-bond acceptors (Lipinski definition) is 14. The van der Waals surface area contributed by atoms with Gasteiger partial charge < -0.3 is 24.0 Å². The highest BCUT2D eigenvalue weighted by molar-refractivity contribution is 6.00. The molecule has 17 nitrogen and oxygen atoms in total. The lowest BCUT2D eigenvalue weighted by molar-refractivity contribution is -0.143. The molecule has 0 atom stereocenters. The lowest BCUT2D eigenvalue weighted by Gasteiger charge is -2.08. The third kappa shape index (κ3) is 24.5. The van der Waals surface area contributed by atoms with Gasteiger partial charge in [0.05, 0.1) is 85.3 Å². The first kappa shape index (κ1) is 75.8. The molecule has 0 saturated carbocycles. The van der Waals surface area contributed by atoms with Gasteiger partial charge in [-0.15, -0.1) is 0 Å². The molecule has 6 heterocycles. The van der Waals surface area contributed by atoms with Crippen LogP contribution in [0.1, 0.15) is 126 Å². The van der Waals surface area contributed by atoms with Crippen LogP contribution in [-0.2, 0) is 57.6 Å². The molecule has 98 heavy (non-hydrogen) atoms. The molecule has 0 radical (unpaired) electrons. The first-order valence-corrected chi connectivity index (χ1v) is 31.8. The number of pyridine rings is 3. The summed E-state index contributed by atoms with van der Waals surface area (Å²) in [5.74, 6) is -1.31. The Hall–Kier alpha value is -9.56. The normalized spacial score (nSPS) is 12.3. The van der Waals surface area contributed by atoms with Gasteiger partial charge in [0.15, 0.2) is 0 Å². The third-order valence-corrected chi connectivity index (χ3v) is 15.0. The van der Waals surface area contributed by atoms with Crippen molar-refractivity contribution in [3.8, 4) is 33.8 Å². The van der Waals surface area contributed by atoms with E-state index in [1.54, 1.807) is 68.2 Å². The molecule has 0 unspecified atom stereocenters. The zero-order valence-electron chi connectivity index (χ0n) is 55.3. The van der Waals surface area contributed by atoms with Crippen LogP contribution in [0.3, 0.4) is 0 Å². The van der Waals surface area contributed by atoms with Gasteiger partial charge in [0.2, 0.25) is 0 Å². The van der Waals surface area contributed by atoms with E-state index in [9.17, 15) is 53.9 Å². The second-order valence-electron chi connectivity index (χ2n) is 22.9. The van der Waals surface area contributed by atoms with Gasteiger partial charge in [-0.3, -0.25) is 27.6 Å². The van der Waals surface area contributed by atoms with E-state index in [0.29, 0.717) is 79.0 Å². The van der Waals surface area contributed by atoms with Crippen LogP contribution in [0, 0.1) is 0 Å². The Labute approximate surface area is 561 Å². The van der Waals surface area contributed by atoms with Crippen molar-refractivity contribution in [2.24, 2.45) is 15.5 Å². The minimum Gasteiger partial charge on any atom is -0.396 e. The Morgan fingerprint density at radius 3 is 1.08 bits per heavy atom. The van der Waals surface area contributed by atoms with E-state index in [2.05, 4.69) is 37.3 Å². The Kier molecular flexibility index (Phi) is 28.4. The lowest BCUT2D eigenvalue weighted by Crippen LogP contribution is -2.12. The van der Waals surface area contributed by atoms with Crippen LogP contribution in [0.5, 0.6) is 0 Å². The first-order valence-electron chi connectivity index (χ1n) is 31.8. The number of alkyl halides is 9. The molecule has 0 aliphatic carbocycles. The molecular formula is C72H78F9N9O8. The molecule has 0 amide bonds. The van der Waals surface area contributed by atoms with Crippen molar-refractivity contribution < 1.29 is 77.9 Å². The number of carbonyl (C=O) groups is 3. The number of methoxy groups -OCH3 is 1. The van der Waals surface area contributed by atoms with Crippen LogP contribution in [0.4, 0.5) is 39.5 Å². The lowest BCUT2D eigenvalue weighted by atomic mass is 10.0. The Morgan fingerprint density at radius 2 is 0.765 bits per heavy atom. The molecule has 26 heteroatoms. The van der Waals surface area contributed by atoms with Crippen molar-refractivity contribution in [2.45, 2.75) is 130 Å². The summed E-state index contributed by atoms with van der Waals surface area (Å²) in [5, 5.41) is 12.4. The fourth-order valence-corrected chi connectivity index (χ4v) is 9.83. The molecular weight excluding hydrogens is 1290 g/mol. The van der Waals surface area contributed by atoms with Gasteiger partial charge in [-0.05, 0) is 105 Å². The number of ketones is 3. The molecule has 9 rings (SSSR count). The largest absolute Gasteiger partial charge is 0.396 e. The van der Waals surface area contributed by atoms with E-state index in [0.717, 1.165) is 81.1 Å². The van der Waals surface area contributed by atoms with Crippen LogP contribution in [0.15, 0.2) is 162 Å². The minimum atomic E-state index is -4.33. The molecule has 9 aromatic rings. The number of hydrogen-bond donors (Lipinski definition) is 0. The SMILES string of the molecule is CCCCO/N=C(\C)c1ccn2c(-c3cccc(CC(=O)CCC(F)(F)F)c3)cnc2c1.CCCOCCO/N=C(\C)c1ccn2c(-c3cccc(CC(=O)CCC(F)(F)F)c3)cnc2c1.COCCO/N=C(\C)c1ccn2c(-c3cccc(CC(=O)CCC(F)(F)F)c3)cnc2c1. The van der Waals surface area contributed by atoms with Crippen LogP contribution < -0.4 is 0 Å². The quantitative estimate of drug-likeness (QED) is 0.0169. The third-order valence-electron chi connectivity index (χ3n) is 15.0. The van der Waals surface area contributed by atoms with Gasteiger partial charge in [-0.2, -0.15) is 39.5 Å². The first-order chi connectivity index (χ1) is 46.8. The molecule has 0 aliphatic rings. The fourth-order valence-electron chi connectivity index (χ4n) is 9.83. The summed E-state index contributed by atoms with van der Waals surface area (Å²) in [6, 6.07) is 33.0. The summed E-state index contributed by atoms with van der Waals surface area (Å²) in [5.41, 5.74) is 13.8. The topological polar surface area (TPSA) is 186 Å². The van der Waals surface area contributed by atoms with Crippen molar-refractivity contribution in [1.29, 1.82) is 0 Å². The number of benzene rings is 3. The Bertz CT molecular complexity index is 4010. The number of imidazole rings is 3. The number of ether oxygens (including phenoxy) is 2. The number of oxime groups is 3. The maximum atomic E-state index is 12.4. The van der Waals surface area contributed by atoms with Gasteiger partial charge in [0.25, 0.3) is 0 Å². The van der Waals surface area contributed by atoms with E-state index < -0.39 is 74.4 Å². The number of carbonyl (C=O) groups excluding carboxylic acids is 3. The summed E-state index contributed by atoms with van der Waals surface area (Å²) < 4.78 is 127. The minimum absolute atomic E-state index is 0.0293. The standard InChI is InChI=1S/C25H28F3N3O3.C24H26F3N3O2.C23H24F3N3O3/c1-3-11-33-12-13-34-30-18(2)20-8-10-31-23(17-29-24(31)16-20)21-6-4-5-19(14-21)15-22(32)7-9-25(26,27)28;1-3-4-12-32-29-17(2)19-9-11-30-22(16-28-23(30)15-19)20-7-5-6-18(13-20)14-21(31)8-10-24(25,26)27;1-16(28-32-11-10-31-2)18-7-9-29-21(15-27-22(29)14-18)19-5-3-4-17(12-19)13-20(30)6-8-23(24,25)26/h4-6,8,10,14,16-17H,3,7,9,11-13,15H2,1-2H3;5-7,9,11,13,15-16H,3-4,8,10,12,14H2,1-2H3;3-5,7,9,12,14-15H,6,8,10-11,13H2,1-2H3/b30-18+;29-17+;28-16+. The van der Waals surface area contributed by atoms with Crippen LogP contribution in [-0.4, -0.2) is 128 Å². The number of nitrogens with zero attached hydrogens (tertiary/aromatic N) is 9. The molecule has 0 fully saturated rings. The van der Waals surface area contributed by atoms with Crippen LogP contribution in [0.25, 0.3) is 50.7 Å². The molecule has 522 valence electrons. The number of halogens is 9. The highest BCUT2D eigenvalue weighted by Crippen LogP contribution is 2.29. The van der Waals surface area contributed by atoms with Crippen LogP contribution in [0.2, 0.25) is 0 Å². The second-order valence-corrected chi connectivity index (χ2v) is 22.9. The van der Waals surface area contributed by atoms with Crippen molar-refractivity contribution >= 4 is 51.4 Å². The number of rotatable bonds is 32. The van der Waals surface area contributed by atoms with E-state index in [1.165, 1.54) is 0 Å². The average Bonchev–Trinajstić information content (AvgIpc) is 1.62. The predicted octanol–water partition coefficient (Wildman–Crippen LogP) is 16.5. The highest BCUT2D eigenvalue weighted by atomic mass is 19.4. The predicted molar refractivity (Wildman–Crippen MR) is 356 cm³/mol. The van der Waals surface area contributed by atoms with E-state index in [4.69, 9.17) is 24.0 Å². The zero-order chi connectivity index (χ0) is 70.8. The molecule has 0 saturated heterocycles. The van der Waals surface area contributed by atoms with E-state index in [1.807, 2.05) is 126 Å². The maximum Gasteiger partial charge on any atom is 0.389 e. The molecule has 0 bridgehead atoms. The molecule has 0 spiro atoms. The zero-order valence-corrected chi connectivity index (χ0v) is 55.3. The van der Waals surface area contributed by atoms with Crippen LogP contribution >= 0.6 is 0 Å².